The Morgan fingerprint density at radius 3 is 1.30 bits per heavy atom. The number of aryl methyl sites for hydroxylation is 3. The van der Waals surface area contributed by atoms with Crippen LogP contribution in [0.4, 0.5) is 0 Å². The number of phenolic OH excluding ortho intramolecular Hbond substituents is 6. The Morgan fingerprint density at radius 1 is 0.520 bits per heavy atom. The van der Waals surface area contributed by atoms with Gasteiger partial charge in [0.25, 0.3) is 0 Å². The van der Waals surface area contributed by atoms with Gasteiger partial charge in [-0.2, -0.15) is 0 Å². The first-order valence-corrected chi connectivity index (χ1v) is 17.0. The molecular formula is C37H50N4O9. The van der Waals surface area contributed by atoms with Crippen molar-refractivity contribution >= 4 is 17.7 Å². The molecule has 3 amide bonds. The highest BCUT2D eigenvalue weighted by Gasteiger charge is 2.17. The number of rotatable bonds is 21. The van der Waals surface area contributed by atoms with Gasteiger partial charge in [0.2, 0.25) is 17.7 Å². The molecule has 0 saturated heterocycles. The van der Waals surface area contributed by atoms with Crippen molar-refractivity contribution in [3.8, 4) is 34.5 Å². The summed E-state index contributed by atoms with van der Waals surface area (Å²) in [5, 5.41) is 60.7. The Bertz CT molecular complexity index is 1570. The maximum absolute atomic E-state index is 13.3. The normalized spacial score (nSPS) is 10.9. The average molecular weight is 695 g/mol. The zero-order chi connectivity index (χ0) is 36.5. The van der Waals surface area contributed by atoms with Crippen LogP contribution in [0.25, 0.3) is 0 Å². The summed E-state index contributed by atoms with van der Waals surface area (Å²) in [4.78, 5) is 42.3. The predicted molar refractivity (Wildman–Crippen MR) is 188 cm³/mol. The van der Waals surface area contributed by atoms with Crippen LogP contribution in [0.1, 0.15) is 61.6 Å². The van der Waals surface area contributed by atoms with Crippen LogP contribution in [-0.2, 0) is 33.6 Å². The Morgan fingerprint density at radius 2 is 0.900 bits per heavy atom. The van der Waals surface area contributed by atoms with E-state index in [0.29, 0.717) is 89.8 Å². The maximum Gasteiger partial charge on any atom is 0.222 e. The van der Waals surface area contributed by atoms with Gasteiger partial charge < -0.3 is 51.5 Å². The molecule has 9 N–H and O–H groups in total. The molecule has 0 aliphatic carbocycles. The van der Waals surface area contributed by atoms with Crippen molar-refractivity contribution in [1.29, 1.82) is 0 Å². The number of nitrogens with one attached hydrogen (secondary N) is 1. The first-order chi connectivity index (χ1) is 24.0. The Labute approximate surface area is 292 Å². The second kappa shape index (κ2) is 20.4. The van der Waals surface area contributed by atoms with Crippen LogP contribution in [-0.4, -0.2) is 97.4 Å². The largest absolute Gasteiger partial charge is 0.504 e. The summed E-state index contributed by atoms with van der Waals surface area (Å²) in [6.45, 7) is 2.64. The summed E-state index contributed by atoms with van der Waals surface area (Å²) in [6, 6.07) is 13.4. The fraction of sp³-hybridized carbons (Fsp3) is 0.432. The monoisotopic (exact) mass is 694 g/mol. The minimum Gasteiger partial charge on any atom is -0.504 e. The minimum atomic E-state index is -0.250. The molecule has 3 aromatic rings. The molecule has 0 atom stereocenters. The number of benzene rings is 3. The standard InChI is InChI=1S/C37H50N4O9/c38-17-3-21-40(36(49)15-9-27-6-12-30(43)33(46)24-27)19-1-2-20-41(37(50)16-10-28-7-13-31(44)34(47)25-28)22-4-18-39-35(48)14-8-26-5-11-29(42)32(45)23-26/h5-7,11-13,23-25,42-47H,1-4,8-10,14-22,38H2,(H,39,48). The van der Waals surface area contributed by atoms with E-state index in [1.807, 2.05) is 0 Å². The summed E-state index contributed by atoms with van der Waals surface area (Å²) in [5.41, 5.74) is 7.87. The van der Waals surface area contributed by atoms with Crippen molar-refractivity contribution < 1.29 is 45.0 Å². The summed E-state index contributed by atoms with van der Waals surface area (Å²) >= 11 is 0. The molecule has 3 rings (SSSR count). The van der Waals surface area contributed by atoms with Gasteiger partial charge in [-0.1, -0.05) is 18.2 Å². The SMILES string of the molecule is NCCCN(CCCCN(CCCNC(=O)CCc1ccc(O)c(O)c1)C(=O)CCc1ccc(O)c(O)c1)C(=O)CCc1ccc(O)c(O)c1. The van der Waals surface area contributed by atoms with Crippen molar-refractivity contribution in [3.05, 3.63) is 71.3 Å². The summed E-state index contributed by atoms with van der Waals surface area (Å²) in [5.74, 6) is -1.71. The first-order valence-electron chi connectivity index (χ1n) is 17.0. The van der Waals surface area contributed by atoms with Crippen LogP contribution in [0.2, 0.25) is 0 Å². The van der Waals surface area contributed by atoms with E-state index in [1.54, 1.807) is 28.0 Å². The lowest BCUT2D eigenvalue weighted by Gasteiger charge is -2.25. The van der Waals surface area contributed by atoms with Crippen molar-refractivity contribution in [2.45, 2.75) is 64.2 Å². The number of nitrogens with two attached hydrogens (primary N) is 1. The molecule has 272 valence electrons. The maximum atomic E-state index is 13.3. The highest BCUT2D eigenvalue weighted by atomic mass is 16.3. The van der Waals surface area contributed by atoms with Crippen molar-refractivity contribution in [1.82, 2.24) is 15.1 Å². The average Bonchev–Trinajstić information content (AvgIpc) is 3.09. The summed E-state index contributed by atoms with van der Waals surface area (Å²) in [6.07, 6.45) is 4.23. The zero-order valence-electron chi connectivity index (χ0n) is 28.4. The lowest BCUT2D eigenvalue weighted by Crippen LogP contribution is -2.37. The van der Waals surface area contributed by atoms with Gasteiger partial charge in [-0.25, -0.2) is 0 Å². The second-order valence-corrected chi connectivity index (χ2v) is 12.3. The third-order valence-electron chi connectivity index (χ3n) is 8.39. The molecule has 0 spiro atoms. The van der Waals surface area contributed by atoms with E-state index in [-0.39, 0.29) is 71.5 Å². The van der Waals surface area contributed by atoms with Crippen LogP contribution in [0, 0.1) is 0 Å². The lowest BCUT2D eigenvalue weighted by molar-refractivity contribution is -0.132. The van der Waals surface area contributed by atoms with Crippen LogP contribution in [0.5, 0.6) is 34.5 Å². The Kier molecular flexibility index (Phi) is 16.0. The van der Waals surface area contributed by atoms with Crippen LogP contribution >= 0.6 is 0 Å². The minimum absolute atomic E-state index is 0.0472. The number of hydrogen-bond acceptors (Lipinski definition) is 10. The van der Waals surface area contributed by atoms with Crippen molar-refractivity contribution in [2.24, 2.45) is 5.73 Å². The van der Waals surface area contributed by atoms with E-state index < -0.39 is 0 Å². The van der Waals surface area contributed by atoms with E-state index in [0.717, 1.165) is 11.1 Å². The van der Waals surface area contributed by atoms with Crippen LogP contribution in [0.3, 0.4) is 0 Å². The first kappa shape index (κ1) is 39.3. The molecule has 0 unspecified atom stereocenters. The molecule has 0 heterocycles. The summed E-state index contributed by atoms with van der Waals surface area (Å²) < 4.78 is 0. The molecule has 0 fully saturated rings. The molecule has 0 aromatic heterocycles. The van der Waals surface area contributed by atoms with Gasteiger partial charge in [-0.3, -0.25) is 14.4 Å². The number of unbranched alkanes of at least 4 members (excludes halogenated alkanes) is 1. The van der Waals surface area contributed by atoms with Gasteiger partial charge in [0.15, 0.2) is 34.5 Å². The molecule has 13 nitrogen and oxygen atoms in total. The van der Waals surface area contributed by atoms with E-state index in [1.165, 1.54) is 36.4 Å². The van der Waals surface area contributed by atoms with Crippen molar-refractivity contribution in [2.75, 3.05) is 39.3 Å². The third-order valence-corrected chi connectivity index (χ3v) is 8.39. The smallest absolute Gasteiger partial charge is 0.222 e. The number of carbonyl (C=O) groups is 3. The van der Waals surface area contributed by atoms with Crippen molar-refractivity contribution in [3.63, 3.8) is 0 Å². The number of amides is 3. The Hall–Kier alpha value is -5.17. The molecular weight excluding hydrogens is 644 g/mol. The Balaban J connectivity index is 1.51. The van der Waals surface area contributed by atoms with E-state index in [9.17, 15) is 45.0 Å². The highest BCUT2D eigenvalue weighted by molar-refractivity contribution is 5.77. The molecule has 0 aliphatic rings. The molecule has 3 aromatic carbocycles. The summed E-state index contributed by atoms with van der Waals surface area (Å²) in [7, 11) is 0. The van der Waals surface area contributed by atoms with Gasteiger partial charge in [-0.15, -0.1) is 0 Å². The topological polar surface area (TPSA) is 217 Å². The number of carbonyl (C=O) groups excluding carboxylic acids is 3. The predicted octanol–water partition coefficient (Wildman–Crippen LogP) is 3.41. The zero-order valence-corrected chi connectivity index (χ0v) is 28.4. The van der Waals surface area contributed by atoms with Gasteiger partial charge in [0.05, 0.1) is 0 Å². The second-order valence-electron chi connectivity index (χ2n) is 12.3. The lowest BCUT2D eigenvalue weighted by atomic mass is 10.1. The molecule has 0 radical (unpaired) electrons. The number of nitrogens with zero attached hydrogens (tertiary/aromatic N) is 2. The van der Waals surface area contributed by atoms with Gasteiger partial charge in [0, 0.05) is 52.0 Å². The molecule has 0 aliphatic heterocycles. The highest BCUT2D eigenvalue weighted by Crippen LogP contribution is 2.27. The number of phenols is 6. The van der Waals surface area contributed by atoms with Gasteiger partial charge >= 0.3 is 0 Å². The fourth-order valence-corrected chi connectivity index (χ4v) is 5.45. The molecule has 50 heavy (non-hydrogen) atoms. The van der Waals surface area contributed by atoms with Crippen LogP contribution in [0.15, 0.2) is 54.6 Å². The molecule has 13 heteroatoms. The number of hydrogen-bond donors (Lipinski definition) is 8. The van der Waals surface area contributed by atoms with Gasteiger partial charge in [-0.05, 0) is 105 Å². The van der Waals surface area contributed by atoms with Gasteiger partial charge in [0.1, 0.15) is 0 Å². The van der Waals surface area contributed by atoms with E-state index in [4.69, 9.17) is 5.73 Å². The van der Waals surface area contributed by atoms with E-state index in [2.05, 4.69) is 5.32 Å². The molecule has 0 bridgehead atoms. The molecule has 0 saturated carbocycles. The number of aromatic hydroxyl groups is 6. The third kappa shape index (κ3) is 13.4. The van der Waals surface area contributed by atoms with Crippen LogP contribution < -0.4 is 11.1 Å². The fourth-order valence-electron chi connectivity index (χ4n) is 5.45. The quantitative estimate of drug-likeness (QED) is 0.0600. The van der Waals surface area contributed by atoms with E-state index >= 15 is 0 Å².